The van der Waals surface area contributed by atoms with E-state index in [1.807, 2.05) is 38.1 Å². The summed E-state index contributed by atoms with van der Waals surface area (Å²) in [6.07, 6.45) is 0. The molecule has 2 aromatic carbocycles. The summed E-state index contributed by atoms with van der Waals surface area (Å²) in [6, 6.07) is 13.7. The van der Waals surface area contributed by atoms with Crippen LogP contribution < -0.4 is 10.6 Å². The number of aryl methyl sites for hydroxylation is 2. The minimum Gasteiger partial charge on any atom is -0.370 e. The van der Waals surface area contributed by atoms with Gasteiger partial charge in [-0.1, -0.05) is 30.3 Å². The molecule has 2 N–H and O–H groups in total. The molecule has 0 saturated carbocycles. The summed E-state index contributed by atoms with van der Waals surface area (Å²) in [5, 5.41) is 6.24. The molecule has 1 atom stereocenters. The van der Waals surface area contributed by atoms with Gasteiger partial charge >= 0.3 is 0 Å². The van der Waals surface area contributed by atoms with Crippen LogP contribution in [0.1, 0.15) is 22.7 Å². The van der Waals surface area contributed by atoms with Crippen molar-refractivity contribution in [2.24, 2.45) is 0 Å². The lowest BCUT2D eigenvalue weighted by Crippen LogP contribution is -2.20. The van der Waals surface area contributed by atoms with Crippen LogP contribution in [0.4, 0.5) is 11.4 Å². The molecule has 1 unspecified atom stereocenters. The zero-order chi connectivity index (χ0) is 13.4. The predicted octanol–water partition coefficient (Wildman–Crippen LogP) is 3.41. The number of nitrogens with one attached hydrogen (secondary N) is 2. The summed E-state index contributed by atoms with van der Waals surface area (Å²) in [7, 11) is 0. The molecule has 3 nitrogen and oxygen atoms in total. The van der Waals surface area contributed by atoms with Gasteiger partial charge in [0, 0.05) is 16.9 Å². The maximum Gasteiger partial charge on any atom is 0.251 e. The number of amides is 1. The van der Waals surface area contributed by atoms with Crippen molar-refractivity contribution in [3.05, 3.63) is 59.2 Å². The van der Waals surface area contributed by atoms with Crippen LogP contribution >= 0.6 is 0 Å². The van der Waals surface area contributed by atoms with E-state index in [1.165, 1.54) is 5.56 Å². The number of anilines is 2. The molecule has 2 aromatic rings. The molecule has 1 heterocycles. The van der Waals surface area contributed by atoms with Crippen LogP contribution in [0.3, 0.4) is 0 Å². The van der Waals surface area contributed by atoms with Crippen molar-refractivity contribution in [3.8, 4) is 0 Å². The number of hydrogen-bond acceptors (Lipinski definition) is 2. The summed E-state index contributed by atoms with van der Waals surface area (Å²) in [5.74, 6) is 0.00195. The quantitative estimate of drug-likeness (QED) is 0.860. The number of carbonyl (C=O) groups is 1. The number of carbonyl (C=O) groups excluding carboxylic acids is 1. The molecule has 1 aliphatic heterocycles. The lowest BCUT2D eigenvalue weighted by Gasteiger charge is -2.15. The Labute approximate surface area is 112 Å². The molecule has 3 heteroatoms. The first-order chi connectivity index (χ1) is 9.15. The summed E-state index contributed by atoms with van der Waals surface area (Å²) < 4.78 is 0. The molecule has 0 aliphatic carbocycles. The van der Waals surface area contributed by atoms with E-state index >= 15 is 0 Å². The van der Waals surface area contributed by atoms with E-state index < -0.39 is 0 Å². The van der Waals surface area contributed by atoms with Gasteiger partial charge in [-0.2, -0.15) is 0 Å². The summed E-state index contributed by atoms with van der Waals surface area (Å²) >= 11 is 0. The Morgan fingerprint density at radius 1 is 1.11 bits per heavy atom. The maximum atomic E-state index is 12.1. The molecule has 19 heavy (non-hydrogen) atoms. The summed E-state index contributed by atoms with van der Waals surface area (Å²) in [4.78, 5) is 12.1. The third kappa shape index (κ3) is 2.08. The van der Waals surface area contributed by atoms with E-state index in [-0.39, 0.29) is 11.9 Å². The van der Waals surface area contributed by atoms with Crippen LogP contribution in [-0.2, 0) is 4.79 Å². The average molecular weight is 252 g/mol. The standard InChI is InChI=1S/C16H16N2O/c1-10-7-8-11(2)14(9-10)17-15-12-5-3-4-6-13(12)18-16(15)19/h3-9,15,17H,1-2H3,(H,18,19). The van der Waals surface area contributed by atoms with E-state index in [9.17, 15) is 4.79 Å². The Morgan fingerprint density at radius 2 is 1.89 bits per heavy atom. The first kappa shape index (κ1) is 11.8. The highest BCUT2D eigenvalue weighted by Crippen LogP contribution is 2.33. The molecule has 1 amide bonds. The fraction of sp³-hybridized carbons (Fsp3) is 0.188. The molecule has 0 spiro atoms. The number of rotatable bonds is 2. The van der Waals surface area contributed by atoms with Gasteiger partial charge in [-0.25, -0.2) is 0 Å². The van der Waals surface area contributed by atoms with Crippen LogP contribution in [-0.4, -0.2) is 5.91 Å². The second kappa shape index (κ2) is 4.43. The van der Waals surface area contributed by atoms with Crippen molar-refractivity contribution in [1.82, 2.24) is 0 Å². The van der Waals surface area contributed by atoms with Gasteiger partial charge in [0.15, 0.2) is 0 Å². The topological polar surface area (TPSA) is 41.1 Å². The fourth-order valence-electron chi connectivity index (χ4n) is 2.40. The van der Waals surface area contributed by atoms with Gasteiger partial charge in [0.05, 0.1) is 0 Å². The average Bonchev–Trinajstić information content (AvgIpc) is 2.71. The first-order valence-corrected chi connectivity index (χ1v) is 6.39. The monoisotopic (exact) mass is 252 g/mol. The Morgan fingerprint density at radius 3 is 2.74 bits per heavy atom. The van der Waals surface area contributed by atoms with Gasteiger partial charge in [-0.3, -0.25) is 4.79 Å². The molecule has 96 valence electrons. The van der Waals surface area contributed by atoms with E-state index in [2.05, 4.69) is 28.8 Å². The molecule has 0 fully saturated rings. The Hall–Kier alpha value is -2.29. The third-order valence-corrected chi connectivity index (χ3v) is 3.48. The Bertz CT molecular complexity index is 649. The largest absolute Gasteiger partial charge is 0.370 e. The van der Waals surface area contributed by atoms with Gasteiger partial charge in [0.2, 0.25) is 0 Å². The lowest BCUT2D eigenvalue weighted by molar-refractivity contribution is -0.116. The molecule has 0 saturated heterocycles. The zero-order valence-corrected chi connectivity index (χ0v) is 11.0. The Balaban J connectivity index is 1.95. The molecular formula is C16H16N2O. The van der Waals surface area contributed by atoms with Crippen LogP contribution in [0.2, 0.25) is 0 Å². The maximum absolute atomic E-state index is 12.1. The second-order valence-electron chi connectivity index (χ2n) is 4.97. The highest BCUT2D eigenvalue weighted by atomic mass is 16.2. The second-order valence-corrected chi connectivity index (χ2v) is 4.97. The van der Waals surface area contributed by atoms with Crippen molar-refractivity contribution in [3.63, 3.8) is 0 Å². The van der Waals surface area contributed by atoms with Gasteiger partial charge in [0.25, 0.3) is 5.91 Å². The van der Waals surface area contributed by atoms with Crippen LogP contribution in [0.5, 0.6) is 0 Å². The van der Waals surface area contributed by atoms with Crippen LogP contribution in [0.25, 0.3) is 0 Å². The van der Waals surface area contributed by atoms with Gasteiger partial charge in [0.1, 0.15) is 6.04 Å². The third-order valence-electron chi connectivity index (χ3n) is 3.48. The van der Waals surface area contributed by atoms with Crippen molar-refractivity contribution in [2.75, 3.05) is 10.6 Å². The minimum absolute atomic E-state index is 0.00195. The highest BCUT2D eigenvalue weighted by Gasteiger charge is 2.30. The predicted molar refractivity (Wildman–Crippen MR) is 77.4 cm³/mol. The molecule has 0 aromatic heterocycles. The number of fused-ring (bicyclic) bond motifs is 1. The van der Waals surface area contributed by atoms with Gasteiger partial charge < -0.3 is 10.6 Å². The van der Waals surface area contributed by atoms with E-state index in [0.717, 1.165) is 22.5 Å². The SMILES string of the molecule is Cc1ccc(C)c(NC2C(=O)Nc3ccccc32)c1. The lowest BCUT2D eigenvalue weighted by atomic mass is 10.1. The van der Waals surface area contributed by atoms with E-state index in [4.69, 9.17) is 0 Å². The van der Waals surface area contributed by atoms with Crippen molar-refractivity contribution in [1.29, 1.82) is 0 Å². The van der Waals surface area contributed by atoms with Crippen LogP contribution in [0, 0.1) is 13.8 Å². The first-order valence-electron chi connectivity index (χ1n) is 6.39. The van der Waals surface area contributed by atoms with Crippen LogP contribution in [0.15, 0.2) is 42.5 Å². The molecule has 3 rings (SSSR count). The van der Waals surface area contributed by atoms with Gasteiger partial charge in [-0.05, 0) is 37.1 Å². The van der Waals surface area contributed by atoms with E-state index in [0.29, 0.717) is 0 Å². The smallest absolute Gasteiger partial charge is 0.251 e. The number of para-hydroxylation sites is 1. The molecular weight excluding hydrogens is 236 g/mol. The normalized spacial score (nSPS) is 16.9. The van der Waals surface area contributed by atoms with Crippen molar-refractivity contribution < 1.29 is 4.79 Å². The summed E-state index contributed by atoms with van der Waals surface area (Å²) in [5.41, 5.74) is 5.24. The number of benzene rings is 2. The summed E-state index contributed by atoms with van der Waals surface area (Å²) in [6.45, 7) is 4.09. The molecule has 0 bridgehead atoms. The molecule has 1 aliphatic rings. The van der Waals surface area contributed by atoms with Crippen molar-refractivity contribution >= 4 is 17.3 Å². The fourth-order valence-corrected chi connectivity index (χ4v) is 2.40. The van der Waals surface area contributed by atoms with E-state index in [1.54, 1.807) is 0 Å². The molecule has 0 radical (unpaired) electrons. The minimum atomic E-state index is -0.309. The zero-order valence-electron chi connectivity index (χ0n) is 11.0. The highest BCUT2D eigenvalue weighted by molar-refractivity contribution is 6.04. The van der Waals surface area contributed by atoms with Gasteiger partial charge in [-0.15, -0.1) is 0 Å². The Kier molecular flexibility index (Phi) is 2.75. The van der Waals surface area contributed by atoms with Crippen molar-refractivity contribution in [2.45, 2.75) is 19.9 Å². The number of hydrogen-bond donors (Lipinski definition) is 2.